The molecule has 4 nitrogen and oxygen atoms in total. The summed E-state index contributed by atoms with van der Waals surface area (Å²) >= 11 is 6.73. The van der Waals surface area contributed by atoms with Crippen LogP contribution in [0.4, 0.5) is 14.5 Å². The van der Waals surface area contributed by atoms with Gasteiger partial charge in [0.2, 0.25) is 0 Å². The zero-order valence-electron chi connectivity index (χ0n) is 10.4. The van der Waals surface area contributed by atoms with Crippen molar-refractivity contribution in [1.82, 2.24) is 4.98 Å². The Morgan fingerprint density at radius 2 is 1.90 bits per heavy atom. The highest BCUT2D eigenvalue weighted by atomic mass is 79.9. The molecule has 0 unspecified atom stereocenters. The van der Waals surface area contributed by atoms with Gasteiger partial charge >= 0.3 is 6.29 Å². The zero-order chi connectivity index (χ0) is 15.0. The Kier molecular flexibility index (Phi) is 3.75. The van der Waals surface area contributed by atoms with Crippen molar-refractivity contribution >= 4 is 37.5 Å². The summed E-state index contributed by atoms with van der Waals surface area (Å²) in [5.41, 5.74) is 1.42. The van der Waals surface area contributed by atoms with Crippen molar-refractivity contribution in [3.63, 3.8) is 0 Å². The molecule has 0 saturated carbocycles. The number of ether oxygens (including phenoxy) is 2. The van der Waals surface area contributed by atoms with Crippen LogP contribution in [0.2, 0.25) is 0 Å². The van der Waals surface area contributed by atoms with Gasteiger partial charge in [0.25, 0.3) is 0 Å². The molecule has 0 spiro atoms. The fourth-order valence-corrected chi connectivity index (χ4v) is 2.95. The molecular formula is C13H8Br2F2N2O2. The van der Waals surface area contributed by atoms with E-state index in [4.69, 9.17) is 0 Å². The first-order chi connectivity index (χ1) is 9.93. The highest BCUT2D eigenvalue weighted by molar-refractivity contribution is 9.11. The van der Waals surface area contributed by atoms with E-state index in [2.05, 4.69) is 51.6 Å². The number of alkyl halides is 2. The monoisotopic (exact) mass is 420 g/mol. The third-order valence-corrected chi connectivity index (χ3v) is 3.87. The van der Waals surface area contributed by atoms with Gasteiger partial charge in [-0.25, -0.2) is 0 Å². The average Bonchev–Trinajstić information content (AvgIpc) is 2.70. The lowest BCUT2D eigenvalue weighted by molar-refractivity contribution is -0.286. The van der Waals surface area contributed by atoms with Crippen LogP contribution in [0, 0.1) is 0 Å². The van der Waals surface area contributed by atoms with Crippen LogP contribution >= 0.6 is 31.9 Å². The van der Waals surface area contributed by atoms with Gasteiger partial charge in [0.1, 0.15) is 0 Å². The number of halogens is 4. The molecule has 0 aliphatic carbocycles. The first kappa shape index (κ1) is 14.5. The maximum atomic E-state index is 12.9. The number of benzene rings is 1. The second-order valence-electron chi connectivity index (χ2n) is 4.26. The van der Waals surface area contributed by atoms with Gasteiger partial charge in [0, 0.05) is 26.9 Å². The molecule has 0 fully saturated rings. The Morgan fingerprint density at radius 1 is 1.14 bits per heavy atom. The maximum Gasteiger partial charge on any atom is 0.586 e. The van der Waals surface area contributed by atoms with E-state index in [0.717, 1.165) is 14.6 Å². The Balaban J connectivity index is 1.72. The van der Waals surface area contributed by atoms with Gasteiger partial charge in [-0.2, -0.15) is 0 Å². The van der Waals surface area contributed by atoms with Gasteiger partial charge in [0.15, 0.2) is 11.5 Å². The topological polar surface area (TPSA) is 43.4 Å². The molecular weight excluding hydrogens is 414 g/mol. The fraction of sp³-hybridized carbons (Fsp3) is 0.154. The van der Waals surface area contributed by atoms with Crippen LogP contribution in [0.25, 0.3) is 0 Å². The van der Waals surface area contributed by atoms with Crippen molar-refractivity contribution in [2.45, 2.75) is 12.8 Å². The molecule has 2 heterocycles. The molecule has 1 N–H and O–H groups in total. The minimum atomic E-state index is -3.60. The molecule has 1 aliphatic heterocycles. The van der Waals surface area contributed by atoms with Crippen molar-refractivity contribution in [3.05, 3.63) is 45.1 Å². The zero-order valence-corrected chi connectivity index (χ0v) is 13.5. The maximum absolute atomic E-state index is 12.9. The van der Waals surface area contributed by atoms with E-state index in [-0.39, 0.29) is 11.5 Å². The second-order valence-corrected chi connectivity index (χ2v) is 6.03. The fourth-order valence-electron chi connectivity index (χ4n) is 1.82. The lowest BCUT2D eigenvalue weighted by Crippen LogP contribution is -2.25. The summed E-state index contributed by atoms with van der Waals surface area (Å²) in [6, 6.07) is 6.41. The van der Waals surface area contributed by atoms with Gasteiger partial charge in [-0.3, -0.25) is 4.98 Å². The van der Waals surface area contributed by atoms with Gasteiger partial charge < -0.3 is 14.8 Å². The van der Waals surface area contributed by atoms with E-state index in [1.807, 2.05) is 6.07 Å². The van der Waals surface area contributed by atoms with E-state index in [0.29, 0.717) is 12.2 Å². The normalized spacial score (nSPS) is 15.0. The number of anilines is 1. The highest BCUT2D eigenvalue weighted by Gasteiger charge is 2.43. The van der Waals surface area contributed by atoms with Crippen LogP contribution in [0.3, 0.4) is 0 Å². The highest BCUT2D eigenvalue weighted by Crippen LogP contribution is 2.42. The van der Waals surface area contributed by atoms with E-state index < -0.39 is 6.29 Å². The smallest absolute Gasteiger partial charge is 0.395 e. The number of pyridine rings is 1. The van der Waals surface area contributed by atoms with Crippen LogP contribution in [0.15, 0.2) is 39.4 Å². The largest absolute Gasteiger partial charge is 0.586 e. The summed E-state index contributed by atoms with van der Waals surface area (Å²) in [6.07, 6.45) is -1.92. The standard InChI is InChI=1S/C13H8Br2F2N2O2/c14-7-3-9(15)10(19-5-7)6-18-8-1-2-11-12(4-8)21-13(16,17)20-11/h1-5,18H,6H2. The predicted octanol–water partition coefficient (Wildman–Crippen LogP) is 4.54. The van der Waals surface area contributed by atoms with Crippen LogP contribution in [0.1, 0.15) is 5.69 Å². The van der Waals surface area contributed by atoms with Crippen LogP contribution in [-0.2, 0) is 6.54 Å². The number of nitrogens with zero attached hydrogens (tertiary/aromatic N) is 1. The van der Waals surface area contributed by atoms with Gasteiger partial charge in [-0.05, 0) is 50.1 Å². The number of hydrogen-bond acceptors (Lipinski definition) is 4. The Bertz CT molecular complexity index is 698. The summed E-state index contributed by atoms with van der Waals surface area (Å²) in [5.74, 6) is 0.0290. The van der Waals surface area contributed by atoms with E-state index in [1.54, 1.807) is 12.3 Å². The van der Waals surface area contributed by atoms with E-state index >= 15 is 0 Å². The average molecular weight is 422 g/mol. The lowest BCUT2D eigenvalue weighted by Gasteiger charge is -2.08. The van der Waals surface area contributed by atoms with Crippen molar-refractivity contribution in [3.8, 4) is 11.5 Å². The summed E-state index contributed by atoms with van der Waals surface area (Å²) < 4.78 is 36.3. The van der Waals surface area contributed by atoms with E-state index in [9.17, 15) is 8.78 Å². The summed E-state index contributed by atoms with van der Waals surface area (Å²) in [6.45, 7) is 0.434. The molecule has 8 heteroatoms. The quantitative estimate of drug-likeness (QED) is 0.790. The molecule has 1 aliphatic rings. The molecule has 0 amide bonds. The Labute approximate surface area is 135 Å². The second kappa shape index (κ2) is 5.42. The molecule has 0 atom stereocenters. The number of rotatable bonds is 3. The summed E-state index contributed by atoms with van der Waals surface area (Å²) in [7, 11) is 0. The summed E-state index contributed by atoms with van der Waals surface area (Å²) in [4.78, 5) is 4.26. The Morgan fingerprint density at radius 3 is 2.67 bits per heavy atom. The van der Waals surface area contributed by atoms with Crippen molar-refractivity contribution < 1.29 is 18.3 Å². The third-order valence-electron chi connectivity index (χ3n) is 2.75. The number of fused-ring (bicyclic) bond motifs is 1. The van der Waals surface area contributed by atoms with Crippen molar-refractivity contribution in [2.75, 3.05) is 5.32 Å². The van der Waals surface area contributed by atoms with Gasteiger partial charge in [-0.1, -0.05) is 0 Å². The first-order valence-corrected chi connectivity index (χ1v) is 7.45. The third kappa shape index (κ3) is 3.26. The minimum Gasteiger partial charge on any atom is -0.395 e. The molecule has 0 bridgehead atoms. The number of hydrogen-bond donors (Lipinski definition) is 1. The molecule has 2 aromatic rings. The van der Waals surface area contributed by atoms with Gasteiger partial charge in [0.05, 0.1) is 12.2 Å². The van der Waals surface area contributed by atoms with E-state index in [1.165, 1.54) is 12.1 Å². The lowest BCUT2D eigenvalue weighted by atomic mass is 10.2. The first-order valence-electron chi connectivity index (χ1n) is 5.87. The SMILES string of the molecule is FC1(F)Oc2ccc(NCc3ncc(Br)cc3Br)cc2O1. The van der Waals surface area contributed by atoms with Crippen LogP contribution in [0.5, 0.6) is 11.5 Å². The molecule has 1 aromatic heterocycles. The molecule has 3 rings (SSSR count). The molecule has 110 valence electrons. The molecule has 1 aromatic carbocycles. The molecule has 0 radical (unpaired) electrons. The van der Waals surface area contributed by atoms with Crippen molar-refractivity contribution in [1.29, 1.82) is 0 Å². The molecule has 0 saturated heterocycles. The predicted molar refractivity (Wildman–Crippen MR) is 79.6 cm³/mol. The number of aromatic nitrogens is 1. The van der Waals surface area contributed by atoms with Crippen LogP contribution < -0.4 is 14.8 Å². The number of nitrogens with one attached hydrogen (secondary N) is 1. The minimum absolute atomic E-state index is 0.00725. The Hall–Kier alpha value is -1.41. The van der Waals surface area contributed by atoms with Crippen LogP contribution in [-0.4, -0.2) is 11.3 Å². The van der Waals surface area contributed by atoms with Gasteiger partial charge in [-0.15, -0.1) is 8.78 Å². The van der Waals surface area contributed by atoms with Crippen molar-refractivity contribution in [2.24, 2.45) is 0 Å². The summed E-state index contributed by atoms with van der Waals surface area (Å²) in [5, 5.41) is 3.09. The molecule has 21 heavy (non-hydrogen) atoms.